The highest BCUT2D eigenvalue weighted by atomic mass is 19.4. The molecule has 0 aromatic heterocycles. The summed E-state index contributed by atoms with van der Waals surface area (Å²) in [6.45, 7) is 2.36. The summed E-state index contributed by atoms with van der Waals surface area (Å²) in [5, 5.41) is 4.65. The molecule has 4 nitrogen and oxygen atoms in total. The van der Waals surface area contributed by atoms with Crippen molar-refractivity contribution in [2.45, 2.75) is 25.9 Å². The van der Waals surface area contributed by atoms with Crippen LogP contribution in [0.1, 0.15) is 25.3 Å². The van der Waals surface area contributed by atoms with E-state index >= 15 is 0 Å². The van der Waals surface area contributed by atoms with Crippen LogP contribution in [0.3, 0.4) is 0 Å². The fraction of sp³-hybridized carbons (Fsp3) is 0.417. The number of carbonyl (C=O) groups is 1. The maximum Gasteiger partial charge on any atom is 0.418 e. The number of nitrogens with two attached hydrogens (primary N) is 1. The van der Waals surface area contributed by atoms with Gasteiger partial charge in [-0.05, 0) is 24.6 Å². The zero-order valence-corrected chi connectivity index (χ0v) is 10.5. The summed E-state index contributed by atoms with van der Waals surface area (Å²) in [6, 6.07) is 2.57. The second-order valence-electron chi connectivity index (χ2n) is 4.04. The number of alkyl halides is 3. The van der Waals surface area contributed by atoms with Gasteiger partial charge in [-0.1, -0.05) is 13.3 Å². The molecule has 0 spiro atoms. The van der Waals surface area contributed by atoms with Crippen molar-refractivity contribution in [3.05, 3.63) is 23.8 Å². The second-order valence-corrected chi connectivity index (χ2v) is 4.04. The van der Waals surface area contributed by atoms with Crippen molar-refractivity contribution in [2.75, 3.05) is 17.6 Å². The van der Waals surface area contributed by atoms with E-state index in [-0.39, 0.29) is 11.4 Å². The molecule has 0 aliphatic carbocycles. The van der Waals surface area contributed by atoms with Crippen LogP contribution in [0.5, 0.6) is 0 Å². The molecule has 0 heterocycles. The first-order valence-electron chi connectivity index (χ1n) is 5.86. The molecule has 0 fully saturated rings. The summed E-state index contributed by atoms with van der Waals surface area (Å²) in [7, 11) is 0. The zero-order valence-electron chi connectivity index (χ0n) is 10.5. The van der Waals surface area contributed by atoms with Gasteiger partial charge in [0.25, 0.3) is 0 Å². The highest BCUT2D eigenvalue weighted by molar-refractivity contribution is 5.90. The largest absolute Gasteiger partial charge is 0.418 e. The maximum atomic E-state index is 12.8. The lowest BCUT2D eigenvalue weighted by Crippen LogP contribution is -2.30. The topological polar surface area (TPSA) is 67.2 Å². The zero-order chi connectivity index (χ0) is 14.5. The van der Waals surface area contributed by atoms with Gasteiger partial charge in [0.05, 0.1) is 11.3 Å². The van der Waals surface area contributed by atoms with Gasteiger partial charge < -0.3 is 16.4 Å². The molecular weight excluding hydrogens is 259 g/mol. The number of hydrogen-bond acceptors (Lipinski definition) is 2. The standard InChI is InChI=1S/C12H16F3N3O/c1-2-3-6-17-11(19)18-10-5-4-8(16)7-9(10)12(13,14)15/h4-5,7H,2-3,6,16H2,1H3,(H2,17,18,19). The molecule has 1 rings (SSSR count). The maximum absolute atomic E-state index is 12.8. The predicted molar refractivity (Wildman–Crippen MR) is 67.8 cm³/mol. The van der Waals surface area contributed by atoms with E-state index in [0.29, 0.717) is 6.54 Å². The van der Waals surface area contributed by atoms with Crippen molar-refractivity contribution in [1.82, 2.24) is 5.32 Å². The van der Waals surface area contributed by atoms with E-state index in [9.17, 15) is 18.0 Å². The van der Waals surface area contributed by atoms with Gasteiger partial charge in [-0.15, -0.1) is 0 Å². The van der Waals surface area contributed by atoms with E-state index in [0.717, 1.165) is 25.0 Å². The minimum absolute atomic E-state index is 0.00994. The van der Waals surface area contributed by atoms with Crippen LogP contribution >= 0.6 is 0 Å². The first-order valence-corrected chi connectivity index (χ1v) is 5.86. The normalized spacial score (nSPS) is 11.2. The minimum Gasteiger partial charge on any atom is -0.399 e. The fourth-order valence-electron chi connectivity index (χ4n) is 1.45. The van der Waals surface area contributed by atoms with E-state index < -0.39 is 17.8 Å². The molecule has 0 saturated heterocycles. The molecule has 0 aliphatic rings. The second kappa shape index (κ2) is 6.31. The SMILES string of the molecule is CCCCNC(=O)Nc1ccc(N)cc1C(F)(F)F. The van der Waals surface area contributed by atoms with Crippen molar-refractivity contribution < 1.29 is 18.0 Å². The predicted octanol–water partition coefficient (Wildman–Crippen LogP) is 3.21. The van der Waals surface area contributed by atoms with Gasteiger partial charge in [-0.3, -0.25) is 0 Å². The fourth-order valence-corrected chi connectivity index (χ4v) is 1.45. The molecule has 0 unspecified atom stereocenters. The van der Waals surface area contributed by atoms with Gasteiger partial charge in [0, 0.05) is 12.2 Å². The number of urea groups is 1. The van der Waals surface area contributed by atoms with E-state index in [1.54, 1.807) is 0 Å². The molecule has 106 valence electrons. The molecule has 0 saturated carbocycles. The number of rotatable bonds is 4. The highest BCUT2D eigenvalue weighted by Crippen LogP contribution is 2.35. The van der Waals surface area contributed by atoms with Gasteiger partial charge in [0.2, 0.25) is 0 Å². The van der Waals surface area contributed by atoms with Crippen molar-refractivity contribution in [2.24, 2.45) is 0 Å². The van der Waals surface area contributed by atoms with Crippen molar-refractivity contribution in [3.8, 4) is 0 Å². The molecule has 0 atom stereocenters. The molecule has 0 radical (unpaired) electrons. The van der Waals surface area contributed by atoms with Crippen LogP contribution in [0.15, 0.2) is 18.2 Å². The molecule has 0 aliphatic heterocycles. The van der Waals surface area contributed by atoms with E-state index in [1.165, 1.54) is 6.07 Å². The molecule has 4 N–H and O–H groups in total. The van der Waals surface area contributed by atoms with Crippen LogP contribution in [-0.4, -0.2) is 12.6 Å². The number of amides is 2. The Morgan fingerprint density at radius 3 is 2.63 bits per heavy atom. The molecule has 7 heteroatoms. The number of benzene rings is 1. The third kappa shape index (κ3) is 4.69. The number of hydrogen-bond donors (Lipinski definition) is 3. The lowest BCUT2D eigenvalue weighted by Gasteiger charge is -2.14. The summed E-state index contributed by atoms with van der Waals surface area (Å²) in [6.07, 6.45) is -2.92. The summed E-state index contributed by atoms with van der Waals surface area (Å²) in [4.78, 5) is 11.4. The minimum atomic E-state index is -4.57. The Morgan fingerprint density at radius 2 is 2.05 bits per heavy atom. The van der Waals surface area contributed by atoms with Crippen LogP contribution in [0.25, 0.3) is 0 Å². The van der Waals surface area contributed by atoms with E-state index in [1.807, 2.05) is 6.92 Å². The van der Waals surface area contributed by atoms with Crippen LogP contribution < -0.4 is 16.4 Å². The van der Waals surface area contributed by atoms with Crippen LogP contribution in [-0.2, 0) is 6.18 Å². The number of nitrogen functional groups attached to an aromatic ring is 1. The summed E-state index contributed by atoms with van der Waals surface area (Å²) in [5.74, 6) is 0. The van der Waals surface area contributed by atoms with Crippen molar-refractivity contribution in [3.63, 3.8) is 0 Å². The van der Waals surface area contributed by atoms with Gasteiger partial charge in [-0.2, -0.15) is 13.2 Å². The first kappa shape index (κ1) is 15.1. The molecule has 1 aromatic carbocycles. The monoisotopic (exact) mass is 275 g/mol. The Balaban J connectivity index is 2.80. The van der Waals surface area contributed by atoms with Crippen LogP contribution in [0.2, 0.25) is 0 Å². The average molecular weight is 275 g/mol. The Kier molecular flexibility index (Phi) is 5.02. The Hall–Kier alpha value is -1.92. The lowest BCUT2D eigenvalue weighted by molar-refractivity contribution is -0.136. The molecular formula is C12H16F3N3O. The van der Waals surface area contributed by atoms with E-state index in [4.69, 9.17) is 5.73 Å². The van der Waals surface area contributed by atoms with Gasteiger partial charge in [0.15, 0.2) is 0 Å². The van der Waals surface area contributed by atoms with Gasteiger partial charge >= 0.3 is 12.2 Å². The smallest absolute Gasteiger partial charge is 0.399 e. The van der Waals surface area contributed by atoms with E-state index in [2.05, 4.69) is 10.6 Å². The van der Waals surface area contributed by atoms with Gasteiger partial charge in [0.1, 0.15) is 0 Å². The highest BCUT2D eigenvalue weighted by Gasteiger charge is 2.34. The number of nitrogens with one attached hydrogen (secondary N) is 2. The molecule has 1 aromatic rings. The Bertz CT molecular complexity index is 446. The van der Waals surface area contributed by atoms with Crippen LogP contribution in [0.4, 0.5) is 29.3 Å². The quantitative estimate of drug-likeness (QED) is 0.583. The van der Waals surface area contributed by atoms with Crippen LogP contribution in [0, 0.1) is 0 Å². The molecule has 2 amide bonds. The summed E-state index contributed by atoms with van der Waals surface area (Å²) >= 11 is 0. The number of anilines is 2. The third-order valence-electron chi connectivity index (χ3n) is 2.41. The Morgan fingerprint density at radius 1 is 1.37 bits per heavy atom. The Labute approximate surface area is 109 Å². The third-order valence-corrected chi connectivity index (χ3v) is 2.41. The molecule has 19 heavy (non-hydrogen) atoms. The van der Waals surface area contributed by atoms with Crippen molar-refractivity contribution in [1.29, 1.82) is 0 Å². The molecule has 0 bridgehead atoms. The number of halogens is 3. The number of carbonyl (C=O) groups excluding carboxylic acids is 1. The van der Waals surface area contributed by atoms with Crippen molar-refractivity contribution >= 4 is 17.4 Å². The van der Waals surface area contributed by atoms with Gasteiger partial charge in [-0.25, -0.2) is 4.79 Å². The lowest BCUT2D eigenvalue weighted by atomic mass is 10.1. The number of unbranched alkanes of at least 4 members (excludes halogenated alkanes) is 1. The average Bonchev–Trinajstić information content (AvgIpc) is 2.30. The summed E-state index contributed by atoms with van der Waals surface area (Å²) < 4.78 is 38.3. The first-order chi connectivity index (χ1) is 8.84. The summed E-state index contributed by atoms with van der Waals surface area (Å²) in [5.41, 5.74) is 4.05.